The van der Waals surface area contributed by atoms with Crippen molar-refractivity contribution in [1.82, 2.24) is 10.2 Å². The van der Waals surface area contributed by atoms with Crippen LogP contribution in [0.5, 0.6) is 0 Å². The molecule has 1 saturated heterocycles. The van der Waals surface area contributed by atoms with E-state index in [-0.39, 0.29) is 17.2 Å². The smallest absolute Gasteiger partial charge is 0.384 e. The van der Waals surface area contributed by atoms with Crippen LogP contribution in [0.2, 0.25) is 0 Å². The molecule has 10 heteroatoms. The number of rotatable bonds is 6. The monoisotopic (exact) mass is 360 g/mol. The van der Waals surface area contributed by atoms with Crippen molar-refractivity contribution in [2.24, 2.45) is 5.92 Å². The zero-order valence-corrected chi connectivity index (χ0v) is 13.6. The Morgan fingerprint density at radius 3 is 2.76 bits per heavy atom. The molecule has 0 saturated carbocycles. The number of amides is 1. The Balaban J connectivity index is 2.01. The number of alkyl halides is 3. The van der Waals surface area contributed by atoms with Crippen LogP contribution in [0.25, 0.3) is 0 Å². The van der Waals surface area contributed by atoms with Gasteiger partial charge in [0, 0.05) is 38.0 Å². The van der Waals surface area contributed by atoms with Gasteiger partial charge in [-0.1, -0.05) is 0 Å². The Morgan fingerprint density at radius 2 is 2.16 bits per heavy atom. The number of carbonyl (C=O) groups is 1. The third kappa shape index (κ3) is 5.31. The van der Waals surface area contributed by atoms with E-state index in [2.05, 4.69) is 10.6 Å². The van der Waals surface area contributed by atoms with Gasteiger partial charge in [0.25, 0.3) is 11.6 Å². The van der Waals surface area contributed by atoms with Gasteiger partial charge in [-0.05, 0) is 24.9 Å². The quantitative estimate of drug-likeness (QED) is 0.600. The number of likely N-dealkylation sites (tertiary alicyclic amines) is 1. The highest BCUT2D eigenvalue weighted by molar-refractivity contribution is 6.00. The van der Waals surface area contributed by atoms with Crippen molar-refractivity contribution in [3.63, 3.8) is 0 Å². The van der Waals surface area contributed by atoms with Crippen LogP contribution in [0.4, 0.5) is 24.5 Å². The van der Waals surface area contributed by atoms with Gasteiger partial charge in [-0.3, -0.25) is 19.8 Å². The molecule has 1 unspecified atom stereocenters. The number of anilines is 1. The number of nitro benzene ring substituents is 1. The van der Waals surface area contributed by atoms with E-state index in [1.54, 1.807) is 0 Å². The normalized spacial score (nSPS) is 18.2. The van der Waals surface area contributed by atoms with E-state index >= 15 is 0 Å². The molecule has 1 aromatic carbocycles. The second-order valence-corrected chi connectivity index (χ2v) is 5.95. The number of benzene rings is 1. The van der Waals surface area contributed by atoms with Gasteiger partial charge < -0.3 is 10.6 Å². The van der Waals surface area contributed by atoms with Gasteiger partial charge in [0.15, 0.2) is 0 Å². The summed E-state index contributed by atoms with van der Waals surface area (Å²) in [5, 5.41) is 16.3. The van der Waals surface area contributed by atoms with Gasteiger partial charge >= 0.3 is 6.18 Å². The number of carbonyl (C=O) groups excluding carboxylic acids is 1. The van der Waals surface area contributed by atoms with E-state index in [1.165, 1.54) is 30.1 Å². The molecule has 2 rings (SSSR count). The standard InChI is InChI=1S/C15H19F3N4O3/c1-19-14(23)12-6-11(22(24)25)2-3-13(12)20-7-10-4-5-21(8-10)9-15(16,17)18/h2-3,6,10,20H,4-5,7-9H2,1H3,(H,19,23). The summed E-state index contributed by atoms with van der Waals surface area (Å²) in [5.41, 5.74) is 0.336. The maximum absolute atomic E-state index is 12.4. The first kappa shape index (κ1) is 19.0. The van der Waals surface area contributed by atoms with E-state index in [0.29, 0.717) is 31.7 Å². The molecule has 1 aliphatic rings. The van der Waals surface area contributed by atoms with Gasteiger partial charge in [0.1, 0.15) is 0 Å². The van der Waals surface area contributed by atoms with Crippen LogP contribution in [-0.4, -0.2) is 55.1 Å². The number of nitrogens with zero attached hydrogens (tertiary/aromatic N) is 2. The number of hydrogen-bond donors (Lipinski definition) is 2. The first-order chi connectivity index (χ1) is 11.7. The fourth-order valence-corrected chi connectivity index (χ4v) is 2.85. The number of hydrogen-bond acceptors (Lipinski definition) is 5. The summed E-state index contributed by atoms with van der Waals surface area (Å²) >= 11 is 0. The fourth-order valence-electron chi connectivity index (χ4n) is 2.85. The minimum atomic E-state index is -4.22. The van der Waals surface area contributed by atoms with Crippen LogP contribution < -0.4 is 10.6 Å². The molecular formula is C15H19F3N4O3. The van der Waals surface area contributed by atoms with Crippen molar-refractivity contribution >= 4 is 17.3 Å². The summed E-state index contributed by atoms with van der Waals surface area (Å²) in [6.07, 6.45) is -3.60. The largest absolute Gasteiger partial charge is 0.401 e. The van der Waals surface area contributed by atoms with Crippen molar-refractivity contribution in [3.8, 4) is 0 Å². The van der Waals surface area contributed by atoms with E-state index in [1.807, 2.05) is 0 Å². The van der Waals surface area contributed by atoms with Crippen molar-refractivity contribution < 1.29 is 22.9 Å². The molecule has 0 aliphatic carbocycles. The average Bonchev–Trinajstić information content (AvgIpc) is 2.97. The molecule has 0 aromatic heterocycles. The average molecular weight is 360 g/mol. The summed E-state index contributed by atoms with van der Waals surface area (Å²) in [6.45, 7) is 0.143. The maximum Gasteiger partial charge on any atom is 0.401 e. The molecule has 25 heavy (non-hydrogen) atoms. The maximum atomic E-state index is 12.4. The SMILES string of the molecule is CNC(=O)c1cc([N+](=O)[O-])ccc1NCC1CCN(CC(F)(F)F)C1. The molecular weight excluding hydrogens is 341 g/mol. The highest BCUT2D eigenvalue weighted by Gasteiger charge is 2.34. The number of nitrogens with one attached hydrogen (secondary N) is 2. The first-order valence-electron chi connectivity index (χ1n) is 7.73. The molecule has 7 nitrogen and oxygen atoms in total. The van der Waals surface area contributed by atoms with E-state index < -0.39 is 23.6 Å². The Hall–Kier alpha value is -2.36. The molecule has 0 bridgehead atoms. The second kappa shape index (κ2) is 7.68. The predicted octanol–water partition coefficient (Wildman–Crippen LogP) is 2.25. The number of halogens is 3. The summed E-state index contributed by atoms with van der Waals surface area (Å²) in [6, 6.07) is 3.89. The third-order valence-electron chi connectivity index (χ3n) is 4.04. The van der Waals surface area contributed by atoms with Crippen LogP contribution >= 0.6 is 0 Å². The predicted molar refractivity (Wildman–Crippen MR) is 85.6 cm³/mol. The Labute approximate surface area is 142 Å². The van der Waals surface area contributed by atoms with Crippen LogP contribution in [0, 0.1) is 16.0 Å². The van der Waals surface area contributed by atoms with Gasteiger partial charge in [0.05, 0.1) is 17.0 Å². The third-order valence-corrected chi connectivity index (χ3v) is 4.04. The molecule has 138 valence electrons. The van der Waals surface area contributed by atoms with E-state index in [9.17, 15) is 28.1 Å². The molecule has 2 N–H and O–H groups in total. The fraction of sp³-hybridized carbons (Fsp3) is 0.533. The van der Waals surface area contributed by atoms with Crippen LogP contribution in [0.3, 0.4) is 0 Å². The van der Waals surface area contributed by atoms with Crippen molar-refractivity contribution in [1.29, 1.82) is 0 Å². The van der Waals surface area contributed by atoms with Gasteiger partial charge in [-0.25, -0.2) is 0 Å². The molecule has 1 atom stereocenters. The van der Waals surface area contributed by atoms with E-state index in [4.69, 9.17) is 0 Å². The van der Waals surface area contributed by atoms with Crippen molar-refractivity contribution in [3.05, 3.63) is 33.9 Å². The van der Waals surface area contributed by atoms with Crippen LogP contribution in [-0.2, 0) is 0 Å². The first-order valence-corrected chi connectivity index (χ1v) is 7.73. The Morgan fingerprint density at radius 1 is 1.44 bits per heavy atom. The molecule has 1 aromatic rings. The van der Waals surface area contributed by atoms with Crippen LogP contribution in [0.1, 0.15) is 16.8 Å². The lowest BCUT2D eigenvalue weighted by molar-refractivity contribution is -0.384. The second-order valence-electron chi connectivity index (χ2n) is 5.95. The van der Waals surface area contributed by atoms with Gasteiger partial charge in [-0.15, -0.1) is 0 Å². The lowest BCUT2D eigenvalue weighted by Crippen LogP contribution is -2.33. The Bertz CT molecular complexity index is 651. The van der Waals surface area contributed by atoms with E-state index in [0.717, 1.165) is 0 Å². The zero-order valence-electron chi connectivity index (χ0n) is 13.6. The Kier molecular flexibility index (Phi) is 5.83. The summed E-state index contributed by atoms with van der Waals surface area (Å²) < 4.78 is 37.2. The molecule has 1 aliphatic heterocycles. The molecule has 1 fully saturated rings. The summed E-state index contributed by atoms with van der Waals surface area (Å²) in [4.78, 5) is 23.5. The van der Waals surface area contributed by atoms with Crippen molar-refractivity contribution in [2.75, 3.05) is 38.5 Å². The summed E-state index contributed by atoms with van der Waals surface area (Å²) in [7, 11) is 1.41. The molecule has 0 spiro atoms. The zero-order chi connectivity index (χ0) is 18.6. The lowest BCUT2D eigenvalue weighted by atomic mass is 10.1. The minimum Gasteiger partial charge on any atom is -0.384 e. The van der Waals surface area contributed by atoms with Gasteiger partial charge in [0.2, 0.25) is 0 Å². The molecule has 1 heterocycles. The van der Waals surface area contributed by atoms with Gasteiger partial charge in [-0.2, -0.15) is 13.2 Å². The topological polar surface area (TPSA) is 87.5 Å². The molecule has 0 radical (unpaired) electrons. The number of nitro groups is 1. The van der Waals surface area contributed by atoms with Crippen LogP contribution in [0.15, 0.2) is 18.2 Å². The summed E-state index contributed by atoms with van der Waals surface area (Å²) in [5.74, 6) is -0.466. The molecule has 1 amide bonds. The minimum absolute atomic E-state index is 0.00933. The highest BCUT2D eigenvalue weighted by Crippen LogP contribution is 2.25. The highest BCUT2D eigenvalue weighted by atomic mass is 19.4. The lowest BCUT2D eigenvalue weighted by Gasteiger charge is -2.18. The van der Waals surface area contributed by atoms with Crippen molar-refractivity contribution in [2.45, 2.75) is 12.6 Å². The number of non-ortho nitro benzene ring substituents is 1.